The summed E-state index contributed by atoms with van der Waals surface area (Å²) >= 11 is 3.27. The summed E-state index contributed by atoms with van der Waals surface area (Å²) in [5.41, 5.74) is 0.739. The van der Waals surface area contributed by atoms with Gasteiger partial charge in [-0.15, -0.1) is 0 Å². The van der Waals surface area contributed by atoms with Crippen molar-refractivity contribution in [1.29, 1.82) is 0 Å². The van der Waals surface area contributed by atoms with E-state index in [9.17, 15) is 9.59 Å². The maximum absolute atomic E-state index is 11.9. The Bertz CT molecular complexity index is 549. The lowest BCUT2D eigenvalue weighted by atomic mass is 10.0. The Labute approximate surface area is 107 Å². The average Bonchev–Trinajstić information content (AvgIpc) is 2.39. The molecule has 0 aliphatic rings. The molecule has 1 aromatic carbocycles. The van der Waals surface area contributed by atoms with Gasteiger partial charge in [-0.05, 0) is 36.4 Å². The predicted molar refractivity (Wildman–Crippen MR) is 67.0 cm³/mol. The van der Waals surface area contributed by atoms with Crippen LogP contribution in [0.4, 0.5) is 0 Å². The van der Waals surface area contributed by atoms with E-state index >= 15 is 0 Å². The third-order valence-electron chi connectivity index (χ3n) is 2.26. The van der Waals surface area contributed by atoms with Gasteiger partial charge < -0.3 is 0 Å². The van der Waals surface area contributed by atoms with E-state index in [1.807, 2.05) is 0 Å². The molecule has 0 fully saturated rings. The van der Waals surface area contributed by atoms with Crippen molar-refractivity contribution in [2.45, 2.75) is 0 Å². The number of nitrogens with zero attached hydrogens (tertiary/aromatic N) is 1. The second kappa shape index (κ2) is 5.01. The minimum absolute atomic E-state index is 0.355. The largest absolute Gasteiger partial charge is 0.285 e. The van der Waals surface area contributed by atoms with Crippen LogP contribution < -0.4 is 0 Å². The van der Waals surface area contributed by atoms with Gasteiger partial charge in [-0.25, -0.2) is 0 Å². The molecule has 2 aromatic rings. The van der Waals surface area contributed by atoms with Gasteiger partial charge in [0.2, 0.25) is 11.6 Å². The van der Waals surface area contributed by atoms with Crippen LogP contribution in [0.1, 0.15) is 20.7 Å². The molecule has 0 spiro atoms. The third-order valence-corrected chi connectivity index (χ3v) is 2.78. The van der Waals surface area contributed by atoms with Crippen LogP contribution in [0.2, 0.25) is 0 Å². The quantitative estimate of drug-likeness (QED) is 0.645. The molecule has 0 radical (unpaired) electrons. The summed E-state index contributed by atoms with van der Waals surface area (Å²) in [6.45, 7) is 0. The van der Waals surface area contributed by atoms with E-state index in [-0.39, 0.29) is 0 Å². The fraction of sp³-hybridized carbons (Fsp3) is 0. The van der Waals surface area contributed by atoms with Crippen molar-refractivity contribution in [2.24, 2.45) is 0 Å². The van der Waals surface area contributed by atoms with Crippen molar-refractivity contribution in [3.63, 3.8) is 0 Å². The molecule has 2 rings (SSSR count). The van der Waals surface area contributed by atoms with Gasteiger partial charge >= 0.3 is 0 Å². The fourth-order valence-electron chi connectivity index (χ4n) is 1.37. The maximum atomic E-state index is 11.9. The van der Waals surface area contributed by atoms with Crippen LogP contribution >= 0.6 is 15.9 Å². The van der Waals surface area contributed by atoms with Crippen LogP contribution in [0.25, 0.3) is 0 Å². The number of carbonyl (C=O) groups excluding carboxylic acids is 2. The van der Waals surface area contributed by atoms with Gasteiger partial charge in [-0.2, -0.15) is 0 Å². The van der Waals surface area contributed by atoms with Crippen molar-refractivity contribution in [2.75, 3.05) is 0 Å². The molecule has 0 saturated heterocycles. The standard InChI is InChI=1S/C13H8BrNO2/c14-11-3-1-9(2-4-11)12(16)13(17)10-5-7-15-8-6-10/h1-8H. The molecule has 0 unspecified atom stereocenters. The Morgan fingerprint density at radius 1 is 0.824 bits per heavy atom. The predicted octanol–water partition coefficient (Wildman–Crippen LogP) is 2.91. The number of halogens is 1. The lowest BCUT2D eigenvalue weighted by molar-refractivity contribution is 0.0817. The van der Waals surface area contributed by atoms with Crippen molar-refractivity contribution < 1.29 is 9.59 Å². The Kier molecular flexibility index (Phi) is 3.44. The molecule has 0 atom stereocenters. The van der Waals surface area contributed by atoms with Crippen LogP contribution in [-0.2, 0) is 0 Å². The summed E-state index contributed by atoms with van der Waals surface area (Å²) in [5, 5.41) is 0. The lowest BCUT2D eigenvalue weighted by Gasteiger charge is -2.00. The molecular weight excluding hydrogens is 282 g/mol. The number of rotatable bonds is 3. The molecule has 17 heavy (non-hydrogen) atoms. The first-order valence-corrected chi connectivity index (χ1v) is 5.72. The molecule has 0 saturated carbocycles. The van der Waals surface area contributed by atoms with Crippen LogP contribution in [0, 0.1) is 0 Å². The smallest absolute Gasteiger partial charge is 0.233 e. The zero-order valence-corrected chi connectivity index (χ0v) is 10.3. The highest BCUT2D eigenvalue weighted by Crippen LogP contribution is 2.12. The van der Waals surface area contributed by atoms with Crippen LogP contribution in [0.15, 0.2) is 53.3 Å². The first-order chi connectivity index (χ1) is 8.18. The minimum atomic E-state index is -0.519. The highest BCUT2D eigenvalue weighted by atomic mass is 79.9. The van der Waals surface area contributed by atoms with Gasteiger partial charge in [-0.3, -0.25) is 14.6 Å². The van der Waals surface area contributed by atoms with E-state index in [2.05, 4.69) is 20.9 Å². The zero-order chi connectivity index (χ0) is 12.3. The Morgan fingerprint density at radius 2 is 1.29 bits per heavy atom. The number of benzene rings is 1. The van der Waals surface area contributed by atoms with Crippen molar-refractivity contribution >= 4 is 27.5 Å². The third kappa shape index (κ3) is 2.65. The maximum Gasteiger partial charge on any atom is 0.233 e. The van der Waals surface area contributed by atoms with Gasteiger partial charge in [0.25, 0.3) is 0 Å². The summed E-state index contributed by atoms with van der Waals surface area (Å²) in [7, 11) is 0. The SMILES string of the molecule is O=C(C(=O)c1ccc(Br)cc1)c1ccncc1. The molecule has 84 valence electrons. The van der Waals surface area contributed by atoms with E-state index < -0.39 is 11.6 Å². The number of pyridine rings is 1. The van der Waals surface area contributed by atoms with Gasteiger partial charge in [0, 0.05) is 28.0 Å². The van der Waals surface area contributed by atoms with Gasteiger partial charge in [0.05, 0.1) is 0 Å². The molecular formula is C13H8BrNO2. The zero-order valence-electron chi connectivity index (χ0n) is 8.76. The molecule has 4 heteroatoms. The van der Waals surface area contributed by atoms with Crippen LogP contribution in [0.5, 0.6) is 0 Å². The van der Waals surface area contributed by atoms with E-state index in [0.29, 0.717) is 11.1 Å². The molecule has 1 heterocycles. The number of Topliss-reactive ketones (excluding diaryl/α,β-unsaturated/α-hetero) is 2. The summed E-state index contributed by atoms with van der Waals surface area (Å²) in [4.78, 5) is 27.5. The van der Waals surface area contributed by atoms with E-state index in [1.54, 1.807) is 24.3 Å². The molecule has 0 aliphatic carbocycles. The minimum Gasteiger partial charge on any atom is -0.285 e. The first-order valence-electron chi connectivity index (χ1n) is 4.93. The van der Waals surface area contributed by atoms with E-state index in [0.717, 1.165) is 4.47 Å². The van der Waals surface area contributed by atoms with Crippen molar-refractivity contribution in [3.8, 4) is 0 Å². The van der Waals surface area contributed by atoms with Crippen molar-refractivity contribution in [1.82, 2.24) is 4.98 Å². The monoisotopic (exact) mass is 289 g/mol. The van der Waals surface area contributed by atoms with Crippen LogP contribution in [-0.4, -0.2) is 16.6 Å². The lowest BCUT2D eigenvalue weighted by Crippen LogP contribution is -2.14. The van der Waals surface area contributed by atoms with E-state index in [1.165, 1.54) is 24.5 Å². The molecule has 0 bridgehead atoms. The Morgan fingerprint density at radius 3 is 1.82 bits per heavy atom. The van der Waals surface area contributed by atoms with E-state index in [4.69, 9.17) is 0 Å². The highest BCUT2D eigenvalue weighted by Gasteiger charge is 2.17. The van der Waals surface area contributed by atoms with Gasteiger partial charge in [0.15, 0.2) is 0 Å². The Balaban J connectivity index is 2.27. The second-order valence-corrected chi connectivity index (χ2v) is 4.32. The molecule has 0 aliphatic heterocycles. The normalized spacial score (nSPS) is 9.94. The topological polar surface area (TPSA) is 47.0 Å². The first kappa shape index (κ1) is 11.7. The van der Waals surface area contributed by atoms with Crippen molar-refractivity contribution in [3.05, 3.63) is 64.4 Å². The van der Waals surface area contributed by atoms with Gasteiger partial charge in [0.1, 0.15) is 0 Å². The summed E-state index contributed by atoms with van der Waals surface area (Å²) < 4.78 is 0.866. The summed E-state index contributed by atoms with van der Waals surface area (Å²) in [5.74, 6) is -1.03. The molecule has 0 N–H and O–H groups in total. The molecule has 3 nitrogen and oxygen atoms in total. The second-order valence-electron chi connectivity index (χ2n) is 3.40. The number of hydrogen-bond donors (Lipinski definition) is 0. The number of hydrogen-bond acceptors (Lipinski definition) is 3. The van der Waals surface area contributed by atoms with Gasteiger partial charge in [-0.1, -0.05) is 15.9 Å². The van der Waals surface area contributed by atoms with Crippen LogP contribution in [0.3, 0.4) is 0 Å². The summed E-state index contributed by atoms with van der Waals surface area (Å²) in [6, 6.07) is 9.75. The summed E-state index contributed by atoms with van der Waals surface area (Å²) in [6.07, 6.45) is 2.98. The molecule has 1 aromatic heterocycles. The highest BCUT2D eigenvalue weighted by molar-refractivity contribution is 9.10. The fourth-order valence-corrected chi connectivity index (χ4v) is 1.63. The number of aromatic nitrogens is 1. The number of ketones is 2. The average molecular weight is 290 g/mol. The Hall–Kier alpha value is -1.81. The molecule has 0 amide bonds. The number of carbonyl (C=O) groups is 2.